The van der Waals surface area contributed by atoms with E-state index in [1.807, 2.05) is 20.8 Å². The van der Waals surface area contributed by atoms with E-state index in [0.717, 1.165) is 18.4 Å². The number of para-hydroxylation sites is 1. The lowest BCUT2D eigenvalue weighted by molar-refractivity contribution is 0.0940. The van der Waals surface area contributed by atoms with Gasteiger partial charge in [0.05, 0.1) is 22.7 Å². The number of anilines is 2. The van der Waals surface area contributed by atoms with E-state index < -0.39 is 15.9 Å². The molecular weight excluding hydrogens is 414 g/mol. The van der Waals surface area contributed by atoms with Gasteiger partial charge in [-0.1, -0.05) is 25.1 Å². The van der Waals surface area contributed by atoms with Crippen molar-refractivity contribution in [1.29, 1.82) is 0 Å². The van der Waals surface area contributed by atoms with Crippen LogP contribution in [0.1, 0.15) is 59.4 Å². The van der Waals surface area contributed by atoms with Crippen molar-refractivity contribution < 1.29 is 18.0 Å². The van der Waals surface area contributed by atoms with E-state index in [0.29, 0.717) is 35.5 Å². The molecule has 2 aromatic carbocycles. The number of hydrogen-bond acceptors (Lipinski definition) is 4. The molecule has 31 heavy (non-hydrogen) atoms. The molecule has 0 spiro atoms. The normalized spacial score (nSPS) is 16.4. The molecule has 2 amide bonds. The second-order valence-electron chi connectivity index (χ2n) is 7.88. The zero-order valence-corrected chi connectivity index (χ0v) is 19.0. The molecule has 1 atom stereocenters. The summed E-state index contributed by atoms with van der Waals surface area (Å²) < 4.78 is 26.4. The van der Waals surface area contributed by atoms with Crippen LogP contribution in [0.2, 0.25) is 0 Å². The Morgan fingerprint density at radius 2 is 1.84 bits per heavy atom. The molecule has 3 rings (SSSR count). The standard InChI is InChI=1S/C23H29N3O4S/c1-4-17(3)24-23(28)19-9-5-6-10-20(19)25-22(27)18-12-11-16(2)21(15-18)26-13-7-8-14-31(26,29)30/h5-6,9-12,15,17H,4,7-8,13-14H2,1-3H3,(H,24,28)(H,25,27)/t17-/m1/s1. The molecule has 0 unspecified atom stereocenters. The minimum atomic E-state index is -3.38. The fraction of sp³-hybridized carbons (Fsp3) is 0.391. The predicted molar refractivity (Wildman–Crippen MR) is 123 cm³/mol. The van der Waals surface area contributed by atoms with Crippen molar-refractivity contribution in [2.24, 2.45) is 0 Å². The first-order valence-electron chi connectivity index (χ1n) is 10.5. The lowest BCUT2D eigenvalue weighted by Gasteiger charge is -2.29. The molecule has 0 bridgehead atoms. The summed E-state index contributed by atoms with van der Waals surface area (Å²) in [6.07, 6.45) is 2.23. The number of nitrogens with one attached hydrogen (secondary N) is 2. The number of hydrogen-bond donors (Lipinski definition) is 2. The Balaban J connectivity index is 1.86. The van der Waals surface area contributed by atoms with Crippen molar-refractivity contribution in [1.82, 2.24) is 5.32 Å². The summed E-state index contributed by atoms with van der Waals surface area (Å²) in [5.74, 6) is -0.546. The number of rotatable bonds is 6. The summed E-state index contributed by atoms with van der Waals surface area (Å²) in [6.45, 7) is 6.14. The smallest absolute Gasteiger partial charge is 0.255 e. The first-order valence-corrected chi connectivity index (χ1v) is 12.2. The van der Waals surface area contributed by atoms with Crippen molar-refractivity contribution in [3.8, 4) is 0 Å². The van der Waals surface area contributed by atoms with E-state index in [4.69, 9.17) is 0 Å². The van der Waals surface area contributed by atoms with Crippen LogP contribution in [0.4, 0.5) is 11.4 Å². The van der Waals surface area contributed by atoms with Crippen LogP contribution in [0.5, 0.6) is 0 Å². The van der Waals surface area contributed by atoms with Gasteiger partial charge in [-0.3, -0.25) is 13.9 Å². The SMILES string of the molecule is CC[C@@H](C)NC(=O)c1ccccc1NC(=O)c1ccc(C)c(N2CCCCS2(=O)=O)c1. The van der Waals surface area contributed by atoms with Crippen LogP contribution in [0.25, 0.3) is 0 Å². The molecule has 166 valence electrons. The lowest BCUT2D eigenvalue weighted by Crippen LogP contribution is -2.38. The molecule has 1 aliphatic rings. The third-order valence-electron chi connectivity index (χ3n) is 5.50. The van der Waals surface area contributed by atoms with Gasteiger partial charge in [-0.15, -0.1) is 0 Å². The highest BCUT2D eigenvalue weighted by Crippen LogP contribution is 2.28. The van der Waals surface area contributed by atoms with E-state index in [1.54, 1.807) is 42.5 Å². The number of amides is 2. The molecule has 0 saturated carbocycles. The summed E-state index contributed by atoms with van der Waals surface area (Å²) in [5, 5.41) is 5.71. The molecule has 0 radical (unpaired) electrons. The summed E-state index contributed by atoms with van der Waals surface area (Å²) >= 11 is 0. The third kappa shape index (κ3) is 5.25. The fourth-order valence-corrected chi connectivity index (χ4v) is 5.16. The number of nitrogens with zero attached hydrogens (tertiary/aromatic N) is 1. The maximum absolute atomic E-state index is 13.0. The zero-order chi connectivity index (χ0) is 22.6. The van der Waals surface area contributed by atoms with Gasteiger partial charge in [0.15, 0.2) is 0 Å². The number of carbonyl (C=O) groups excluding carboxylic acids is 2. The molecule has 0 aliphatic carbocycles. The molecule has 1 saturated heterocycles. The minimum absolute atomic E-state index is 0.0161. The Morgan fingerprint density at radius 1 is 1.10 bits per heavy atom. The monoisotopic (exact) mass is 443 g/mol. The number of sulfonamides is 1. The van der Waals surface area contributed by atoms with Crippen LogP contribution >= 0.6 is 0 Å². The molecule has 2 aromatic rings. The Bertz CT molecular complexity index is 1080. The summed E-state index contributed by atoms with van der Waals surface area (Å²) in [7, 11) is -3.38. The van der Waals surface area contributed by atoms with E-state index in [2.05, 4.69) is 10.6 Å². The van der Waals surface area contributed by atoms with Crippen molar-refractivity contribution in [3.05, 3.63) is 59.2 Å². The summed E-state index contributed by atoms with van der Waals surface area (Å²) in [5.41, 5.74) is 2.42. The van der Waals surface area contributed by atoms with E-state index >= 15 is 0 Å². The average molecular weight is 444 g/mol. The Hall–Kier alpha value is -2.87. The van der Waals surface area contributed by atoms with Crippen molar-refractivity contribution in [3.63, 3.8) is 0 Å². The van der Waals surface area contributed by atoms with E-state index in [9.17, 15) is 18.0 Å². The van der Waals surface area contributed by atoms with Gasteiger partial charge >= 0.3 is 0 Å². The van der Waals surface area contributed by atoms with Crippen molar-refractivity contribution in [2.75, 3.05) is 21.9 Å². The third-order valence-corrected chi connectivity index (χ3v) is 7.35. The van der Waals surface area contributed by atoms with Crippen molar-refractivity contribution in [2.45, 2.75) is 46.1 Å². The molecule has 0 aromatic heterocycles. The molecule has 1 aliphatic heterocycles. The maximum atomic E-state index is 13.0. The van der Waals surface area contributed by atoms with Gasteiger partial charge in [0.25, 0.3) is 11.8 Å². The quantitative estimate of drug-likeness (QED) is 0.711. The number of benzene rings is 2. The molecule has 7 nitrogen and oxygen atoms in total. The van der Waals surface area contributed by atoms with Crippen LogP contribution in [0.3, 0.4) is 0 Å². The van der Waals surface area contributed by atoms with Gasteiger partial charge in [0, 0.05) is 18.2 Å². The van der Waals surface area contributed by atoms with Crippen LogP contribution in [-0.4, -0.2) is 38.6 Å². The van der Waals surface area contributed by atoms with Gasteiger partial charge in [0.2, 0.25) is 10.0 Å². The molecule has 8 heteroatoms. The Morgan fingerprint density at radius 3 is 2.55 bits per heavy atom. The maximum Gasteiger partial charge on any atom is 0.255 e. The van der Waals surface area contributed by atoms with Gasteiger partial charge in [-0.05, 0) is 62.9 Å². The highest BCUT2D eigenvalue weighted by molar-refractivity contribution is 7.92. The molecular formula is C23H29N3O4S. The first kappa shape index (κ1) is 22.8. The summed E-state index contributed by atoms with van der Waals surface area (Å²) in [6, 6.07) is 11.9. The topological polar surface area (TPSA) is 95.6 Å². The highest BCUT2D eigenvalue weighted by Gasteiger charge is 2.27. The predicted octanol–water partition coefficient (Wildman–Crippen LogP) is 3.71. The second kappa shape index (κ2) is 9.51. The van der Waals surface area contributed by atoms with Crippen LogP contribution < -0.4 is 14.9 Å². The van der Waals surface area contributed by atoms with Gasteiger partial charge in [-0.25, -0.2) is 8.42 Å². The Labute approximate surface area is 183 Å². The van der Waals surface area contributed by atoms with Gasteiger partial charge in [0.1, 0.15) is 0 Å². The Kier molecular flexibility index (Phi) is 7.00. The van der Waals surface area contributed by atoms with Crippen LogP contribution in [0, 0.1) is 6.92 Å². The van der Waals surface area contributed by atoms with Gasteiger partial charge in [-0.2, -0.15) is 0 Å². The highest BCUT2D eigenvalue weighted by atomic mass is 32.2. The molecule has 2 N–H and O–H groups in total. The largest absolute Gasteiger partial charge is 0.350 e. The lowest BCUT2D eigenvalue weighted by atomic mass is 10.1. The number of aryl methyl sites for hydroxylation is 1. The van der Waals surface area contributed by atoms with Crippen LogP contribution in [-0.2, 0) is 10.0 Å². The fourth-order valence-electron chi connectivity index (χ4n) is 3.47. The molecule has 1 fully saturated rings. The minimum Gasteiger partial charge on any atom is -0.350 e. The number of carbonyl (C=O) groups is 2. The average Bonchev–Trinajstić information content (AvgIpc) is 2.74. The summed E-state index contributed by atoms with van der Waals surface area (Å²) in [4.78, 5) is 25.6. The first-order chi connectivity index (χ1) is 14.7. The van der Waals surface area contributed by atoms with Crippen LogP contribution in [0.15, 0.2) is 42.5 Å². The zero-order valence-electron chi connectivity index (χ0n) is 18.1. The molecule has 1 heterocycles. The van der Waals surface area contributed by atoms with Crippen molar-refractivity contribution >= 4 is 33.2 Å². The van der Waals surface area contributed by atoms with E-state index in [-0.39, 0.29) is 17.7 Å². The van der Waals surface area contributed by atoms with Gasteiger partial charge < -0.3 is 10.6 Å². The second-order valence-corrected chi connectivity index (χ2v) is 9.89. The van der Waals surface area contributed by atoms with E-state index in [1.165, 1.54) is 4.31 Å².